The molecule has 5 heteroatoms. The van der Waals surface area contributed by atoms with E-state index in [1.165, 1.54) is 7.11 Å². The van der Waals surface area contributed by atoms with Crippen LogP contribution in [-0.2, 0) is 19.0 Å². The molecule has 0 amide bonds. The van der Waals surface area contributed by atoms with Crippen LogP contribution in [0.1, 0.15) is 0 Å². The zero-order valence-corrected chi connectivity index (χ0v) is 7.75. The Labute approximate surface area is 77.3 Å². The lowest BCUT2D eigenvalue weighted by Gasteiger charge is -2.22. The maximum absolute atomic E-state index is 10.7. The molecule has 0 aliphatic carbocycles. The van der Waals surface area contributed by atoms with Gasteiger partial charge in [-0.15, -0.1) is 0 Å². The Morgan fingerprint density at radius 2 is 2.46 bits per heavy atom. The summed E-state index contributed by atoms with van der Waals surface area (Å²) in [7, 11) is 1.37. The number of nitrogens with one attached hydrogen (secondary N) is 1. The van der Waals surface area contributed by atoms with Gasteiger partial charge in [-0.3, -0.25) is 4.79 Å². The third kappa shape index (κ3) is 4.21. The van der Waals surface area contributed by atoms with Crippen LogP contribution in [0.25, 0.3) is 0 Å². The van der Waals surface area contributed by atoms with Crippen LogP contribution in [0.2, 0.25) is 0 Å². The largest absolute Gasteiger partial charge is 0.468 e. The van der Waals surface area contributed by atoms with E-state index in [2.05, 4.69) is 10.1 Å². The first-order valence-electron chi connectivity index (χ1n) is 4.30. The Hall–Kier alpha value is -0.650. The summed E-state index contributed by atoms with van der Waals surface area (Å²) in [5.41, 5.74) is 0. The van der Waals surface area contributed by atoms with Crippen LogP contribution in [0.4, 0.5) is 0 Å². The van der Waals surface area contributed by atoms with E-state index >= 15 is 0 Å². The molecule has 1 fully saturated rings. The molecule has 0 saturated carbocycles. The number of carbonyl (C=O) groups is 1. The number of carbonyl (C=O) groups excluding carboxylic acids is 1. The lowest BCUT2D eigenvalue weighted by atomic mass is 10.3. The van der Waals surface area contributed by atoms with Gasteiger partial charge in [-0.2, -0.15) is 0 Å². The second-order valence-electron chi connectivity index (χ2n) is 2.77. The van der Waals surface area contributed by atoms with Gasteiger partial charge in [0.15, 0.2) is 0 Å². The first-order valence-corrected chi connectivity index (χ1v) is 4.30. The van der Waals surface area contributed by atoms with Crippen LogP contribution >= 0.6 is 0 Å². The van der Waals surface area contributed by atoms with E-state index in [-0.39, 0.29) is 18.6 Å². The molecule has 1 aliphatic heterocycles. The third-order valence-corrected chi connectivity index (χ3v) is 1.75. The standard InChI is InChI=1S/C8H15NO4/c1-11-8(10)5-9-4-7-6-12-2-3-13-7/h7,9H,2-6H2,1H3. The first kappa shape index (κ1) is 10.4. The first-order chi connectivity index (χ1) is 6.33. The fourth-order valence-corrected chi connectivity index (χ4v) is 1.06. The van der Waals surface area contributed by atoms with Gasteiger partial charge >= 0.3 is 5.97 Å². The number of rotatable bonds is 4. The summed E-state index contributed by atoms with van der Waals surface area (Å²) in [5.74, 6) is -0.267. The van der Waals surface area contributed by atoms with Gasteiger partial charge in [0.1, 0.15) is 0 Å². The molecule has 1 saturated heterocycles. The molecule has 5 nitrogen and oxygen atoms in total. The average Bonchev–Trinajstić information content (AvgIpc) is 2.19. The van der Waals surface area contributed by atoms with Gasteiger partial charge in [0, 0.05) is 6.54 Å². The molecule has 1 heterocycles. The monoisotopic (exact) mass is 189 g/mol. The van der Waals surface area contributed by atoms with Crippen LogP contribution in [0.15, 0.2) is 0 Å². The molecule has 0 aromatic rings. The van der Waals surface area contributed by atoms with E-state index in [0.29, 0.717) is 26.4 Å². The van der Waals surface area contributed by atoms with E-state index < -0.39 is 0 Å². The molecule has 1 rings (SSSR count). The third-order valence-electron chi connectivity index (χ3n) is 1.75. The van der Waals surface area contributed by atoms with Crippen LogP contribution in [0, 0.1) is 0 Å². The summed E-state index contributed by atoms with van der Waals surface area (Å²) in [6.45, 7) is 2.72. The summed E-state index contributed by atoms with van der Waals surface area (Å²) in [5, 5.41) is 2.93. The zero-order valence-electron chi connectivity index (χ0n) is 7.75. The number of esters is 1. The van der Waals surface area contributed by atoms with Crippen molar-refractivity contribution in [3.63, 3.8) is 0 Å². The average molecular weight is 189 g/mol. The summed E-state index contributed by atoms with van der Waals surface area (Å²) in [6, 6.07) is 0. The van der Waals surface area contributed by atoms with Gasteiger partial charge in [-0.05, 0) is 0 Å². The molecule has 1 atom stereocenters. The number of hydrogen-bond acceptors (Lipinski definition) is 5. The quantitative estimate of drug-likeness (QED) is 0.585. The SMILES string of the molecule is COC(=O)CNCC1COCCO1. The van der Waals surface area contributed by atoms with Crippen molar-refractivity contribution in [2.24, 2.45) is 0 Å². The zero-order chi connectivity index (χ0) is 9.52. The second kappa shape index (κ2) is 5.90. The highest BCUT2D eigenvalue weighted by atomic mass is 16.6. The highest BCUT2D eigenvalue weighted by Crippen LogP contribution is 1.98. The molecule has 1 N–H and O–H groups in total. The van der Waals surface area contributed by atoms with E-state index in [1.54, 1.807) is 0 Å². The van der Waals surface area contributed by atoms with Crippen molar-refractivity contribution in [1.82, 2.24) is 5.32 Å². The molecule has 1 unspecified atom stereocenters. The predicted octanol–water partition coefficient (Wildman–Crippen LogP) is -0.836. The maximum Gasteiger partial charge on any atom is 0.319 e. The topological polar surface area (TPSA) is 56.8 Å². The number of hydrogen-bond donors (Lipinski definition) is 1. The fourth-order valence-electron chi connectivity index (χ4n) is 1.06. The van der Waals surface area contributed by atoms with Crippen LogP contribution in [-0.4, -0.2) is 52.1 Å². The Balaban J connectivity index is 2.01. The normalized spacial score (nSPS) is 22.7. The van der Waals surface area contributed by atoms with Gasteiger partial charge in [0.05, 0.1) is 39.6 Å². The molecule has 0 spiro atoms. The van der Waals surface area contributed by atoms with Crippen molar-refractivity contribution in [3.8, 4) is 0 Å². The van der Waals surface area contributed by atoms with Crippen LogP contribution in [0.3, 0.4) is 0 Å². The molecule has 0 radical (unpaired) electrons. The second-order valence-corrected chi connectivity index (χ2v) is 2.77. The van der Waals surface area contributed by atoms with Crippen molar-refractivity contribution in [2.75, 3.05) is 40.0 Å². The highest BCUT2D eigenvalue weighted by Gasteiger charge is 2.13. The van der Waals surface area contributed by atoms with Gasteiger partial charge in [0.2, 0.25) is 0 Å². The van der Waals surface area contributed by atoms with Crippen molar-refractivity contribution < 1.29 is 19.0 Å². The van der Waals surface area contributed by atoms with Gasteiger partial charge in [0.25, 0.3) is 0 Å². The molecule has 76 valence electrons. The predicted molar refractivity (Wildman–Crippen MR) is 45.4 cm³/mol. The van der Waals surface area contributed by atoms with Crippen LogP contribution < -0.4 is 5.32 Å². The van der Waals surface area contributed by atoms with Gasteiger partial charge < -0.3 is 19.5 Å². The van der Waals surface area contributed by atoms with E-state index in [1.807, 2.05) is 0 Å². The van der Waals surface area contributed by atoms with E-state index in [4.69, 9.17) is 9.47 Å². The summed E-state index contributed by atoms with van der Waals surface area (Å²) >= 11 is 0. The Morgan fingerprint density at radius 1 is 1.62 bits per heavy atom. The molecular formula is C8H15NO4. The lowest BCUT2D eigenvalue weighted by Crippen LogP contribution is -2.39. The lowest BCUT2D eigenvalue weighted by molar-refractivity contribution is -0.139. The van der Waals surface area contributed by atoms with Crippen molar-refractivity contribution in [2.45, 2.75) is 6.10 Å². The molecule has 13 heavy (non-hydrogen) atoms. The number of ether oxygens (including phenoxy) is 3. The van der Waals surface area contributed by atoms with E-state index in [0.717, 1.165) is 0 Å². The summed E-state index contributed by atoms with van der Waals surface area (Å²) in [6.07, 6.45) is 0.0541. The summed E-state index contributed by atoms with van der Waals surface area (Å²) in [4.78, 5) is 10.7. The smallest absolute Gasteiger partial charge is 0.319 e. The Morgan fingerprint density at radius 3 is 3.08 bits per heavy atom. The van der Waals surface area contributed by atoms with Crippen LogP contribution in [0.5, 0.6) is 0 Å². The van der Waals surface area contributed by atoms with E-state index in [9.17, 15) is 4.79 Å². The van der Waals surface area contributed by atoms with Crippen molar-refractivity contribution in [1.29, 1.82) is 0 Å². The molecule has 0 aromatic carbocycles. The van der Waals surface area contributed by atoms with Crippen molar-refractivity contribution in [3.05, 3.63) is 0 Å². The Kier molecular flexibility index (Phi) is 4.74. The minimum absolute atomic E-state index is 0.0541. The molecule has 0 bridgehead atoms. The molecule has 0 aromatic heterocycles. The number of methoxy groups -OCH3 is 1. The minimum atomic E-state index is -0.267. The molecule has 1 aliphatic rings. The Bertz CT molecular complexity index is 156. The maximum atomic E-state index is 10.7. The minimum Gasteiger partial charge on any atom is -0.468 e. The highest BCUT2D eigenvalue weighted by molar-refractivity contribution is 5.71. The summed E-state index contributed by atoms with van der Waals surface area (Å²) < 4.78 is 15.0. The van der Waals surface area contributed by atoms with Crippen molar-refractivity contribution >= 4 is 5.97 Å². The fraction of sp³-hybridized carbons (Fsp3) is 0.875. The molecular weight excluding hydrogens is 174 g/mol. The van der Waals surface area contributed by atoms with Gasteiger partial charge in [-0.1, -0.05) is 0 Å². The van der Waals surface area contributed by atoms with Gasteiger partial charge in [-0.25, -0.2) is 0 Å².